The van der Waals surface area contributed by atoms with E-state index < -0.39 is 15.9 Å². The molecule has 0 aliphatic heterocycles. The molecule has 0 fully saturated rings. The van der Waals surface area contributed by atoms with Crippen LogP contribution >= 0.6 is 0 Å². The van der Waals surface area contributed by atoms with Gasteiger partial charge in [-0.2, -0.15) is 0 Å². The number of aliphatic hydroxyl groups is 1. The van der Waals surface area contributed by atoms with Crippen LogP contribution in [0.1, 0.15) is 28.4 Å². The van der Waals surface area contributed by atoms with Crippen molar-refractivity contribution in [1.29, 1.82) is 0 Å². The maximum absolute atomic E-state index is 12.4. The molecule has 1 N–H and O–H groups in total. The fraction of sp³-hybridized carbons (Fsp3) is 0.294. The van der Waals surface area contributed by atoms with Gasteiger partial charge in [0, 0.05) is 0 Å². The third-order valence-corrected chi connectivity index (χ3v) is 5.37. The molecule has 0 saturated heterocycles. The average Bonchev–Trinajstić information content (AvgIpc) is 2.41. The van der Waals surface area contributed by atoms with Gasteiger partial charge in [-0.3, -0.25) is 0 Å². The Labute approximate surface area is 126 Å². The van der Waals surface area contributed by atoms with Crippen molar-refractivity contribution in [3.8, 4) is 0 Å². The van der Waals surface area contributed by atoms with Crippen molar-refractivity contribution >= 4 is 9.84 Å². The lowest BCUT2D eigenvalue weighted by Crippen LogP contribution is -2.15. The van der Waals surface area contributed by atoms with Gasteiger partial charge >= 0.3 is 0 Å². The zero-order valence-electron chi connectivity index (χ0n) is 12.5. The summed E-state index contributed by atoms with van der Waals surface area (Å²) in [6.45, 7) is 5.77. The number of hydrogen-bond donors (Lipinski definition) is 1. The van der Waals surface area contributed by atoms with E-state index in [1.807, 2.05) is 39.0 Å². The average molecular weight is 304 g/mol. The number of sulfone groups is 1. The van der Waals surface area contributed by atoms with Gasteiger partial charge in [-0.15, -0.1) is 0 Å². The fourth-order valence-electron chi connectivity index (χ4n) is 2.18. The first-order valence-electron chi connectivity index (χ1n) is 6.84. The highest BCUT2D eigenvalue weighted by atomic mass is 32.2. The molecule has 0 radical (unpaired) electrons. The molecular formula is C17H20O3S. The van der Waals surface area contributed by atoms with Gasteiger partial charge in [0.1, 0.15) is 0 Å². The van der Waals surface area contributed by atoms with Crippen molar-refractivity contribution in [3.63, 3.8) is 0 Å². The first-order chi connectivity index (χ1) is 9.79. The predicted octanol–water partition coefficient (Wildman–Crippen LogP) is 3.12. The standard InChI is InChI=1S/C17H20O3S/c1-12-5-4-6-16(9-12)21(19,20)11-17(18)15-8-7-13(2)14(3)10-15/h4-10,17-18H,11H2,1-3H3. The molecule has 2 aromatic carbocycles. The van der Waals surface area contributed by atoms with E-state index in [0.29, 0.717) is 5.56 Å². The third-order valence-electron chi connectivity index (χ3n) is 3.64. The van der Waals surface area contributed by atoms with E-state index in [9.17, 15) is 13.5 Å². The van der Waals surface area contributed by atoms with Gasteiger partial charge in [0.25, 0.3) is 0 Å². The Morgan fingerprint density at radius 3 is 2.33 bits per heavy atom. The first-order valence-corrected chi connectivity index (χ1v) is 8.49. The Bertz CT molecular complexity index is 748. The van der Waals surface area contributed by atoms with E-state index >= 15 is 0 Å². The molecule has 21 heavy (non-hydrogen) atoms. The van der Waals surface area contributed by atoms with Crippen LogP contribution in [-0.2, 0) is 9.84 Å². The second-order valence-electron chi connectivity index (χ2n) is 5.46. The lowest BCUT2D eigenvalue weighted by atomic mass is 10.0. The summed E-state index contributed by atoms with van der Waals surface area (Å²) in [4.78, 5) is 0.255. The lowest BCUT2D eigenvalue weighted by molar-refractivity contribution is 0.201. The van der Waals surface area contributed by atoms with Crippen LogP contribution in [0, 0.1) is 20.8 Å². The number of aliphatic hydroxyl groups excluding tert-OH is 1. The van der Waals surface area contributed by atoms with Gasteiger partial charge in [-0.05, 0) is 55.2 Å². The second-order valence-corrected chi connectivity index (χ2v) is 7.49. The highest BCUT2D eigenvalue weighted by molar-refractivity contribution is 7.91. The predicted molar refractivity (Wildman–Crippen MR) is 84.1 cm³/mol. The number of benzene rings is 2. The van der Waals surface area contributed by atoms with Crippen molar-refractivity contribution in [3.05, 3.63) is 64.7 Å². The molecule has 0 spiro atoms. The summed E-state index contributed by atoms with van der Waals surface area (Å²) in [7, 11) is -3.50. The normalized spacial score (nSPS) is 13.1. The van der Waals surface area contributed by atoms with Gasteiger partial charge in [-0.1, -0.05) is 30.3 Å². The molecule has 0 heterocycles. The highest BCUT2D eigenvalue weighted by Gasteiger charge is 2.21. The Morgan fingerprint density at radius 2 is 1.71 bits per heavy atom. The van der Waals surface area contributed by atoms with Crippen LogP contribution in [-0.4, -0.2) is 19.3 Å². The summed E-state index contributed by atoms with van der Waals surface area (Å²) in [6, 6.07) is 12.3. The molecule has 0 aliphatic carbocycles. The minimum atomic E-state index is -3.50. The summed E-state index contributed by atoms with van der Waals surface area (Å²) in [5.74, 6) is -0.307. The molecule has 0 saturated carbocycles. The van der Waals surface area contributed by atoms with Gasteiger partial charge in [0.2, 0.25) is 0 Å². The molecule has 112 valence electrons. The van der Waals surface area contributed by atoms with E-state index in [1.165, 1.54) is 0 Å². The quantitative estimate of drug-likeness (QED) is 0.944. The van der Waals surface area contributed by atoms with Gasteiger partial charge in [-0.25, -0.2) is 8.42 Å². The maximum atomic E-state index is 12.4. The van der Waals surface area contributed by atoms with E-state index in [4.69, 9.17) is 0 Å². The van der Waals surface area contributed by atoms with Gasteiger partial charge in [0.15, 0.2) is 9.84 Å². The van der Waals surface area contributed by atoms with Crippen molar-refractivity contribution in [2.75, 3.05) is 5.75 Å². The molecule has 0 aliphatic rings. The van der Waals surface area contributed by atoms with Crippen molar-refractivity contribution in [2.45, 2.75) is 31.8 Å². The Morgan fingerprint density at radius 1 is 1.00 bits per heavy atom. The molecule has 0 aromatic heterocycles. The molecule has 4 heteroatoms. The Kier molecular flexibility index (Phi) is 4.49. The van der Waals surface area contributed by atoms with Crippen LogP contribution in [0.3, 0.4) is 0 Å². The third kappa shape index (κ3) is 3.71. The lowest BCUT2D eigenvalue weighted by Gasteiger charge is -2.13. The zero-order valence-corrected chi connectivity index (χ0v) is 13.3. The first kappa shape index (κ1) is 15.7. The van der Waals surface area contributed by atoms with Crippen molar-refractivity contribution < 1.29 is 13.5 Å². The van der Waals surface area contributed by atoms with E-state index in [1.54, 1.807) is 24.3 Å². The second kappa shape index (κ2) is 6.00. The van der Waals surface area contributed by atoms with Crippen LogP contribution in [0.2, 0.25) is 0 Å². The van der Waals surface area contributed by atoms with Crippen LogP contribution in [0.15, 0.2) is 47.4 Å². The minimum absolute atomic E-state index is 0.255. The maximum Gasteiger partial charge on any atom is 0.181 e. The van der Waals surface area contributed by atoms with Crippen molar-refractivity contribution in [2.24, 2.45) is 0 Å². The molecule has 2 rings (SSSR count). The van der Waals surface area contributed by atoms with Crippen LogP contribution in [0.25, 0.3) is 0 Å². The summed E-state index contributed by atoms with van der Waals surface area (Å²) in [5.41, 5.74) is 3.68. The molecule has 3 nitrogen and oxygen atoms in total. The zero-order chi connectivity index (χ0) is 15.6. The fourth-order valence-corrected chi connectivity index (χ4v) is 3.63. The number of rotatable bonds is 4. The molecule has 1 unspecified atom stereocenters. The molecule has 2 aromatic rings. The molecule has 0 bridgehead atoms. The Balaban J connectivity index is 2.25. The summed E-state index contributed by atoms with van der Waals surface area (Å²) in [5, 5.41) is 10.2. The topological polar surface area (TPSA) is 54.4 Å². The van der Waals surface area contributed by atoms with Crippen LogP contribution in [0.5, 0.6) is 0 Å². The highest BCUT2D eigenvalue weighted by Crippen LogP contribution is 2.22. The summed E-state index contributed by atoms with van der Waals surface area (Å²) < 4.78 is 24.7. The molecule has 0 amide bonds. The van der Waals surface area contributed by atoms with E-state index in [2.05, 4.69) is 0 Å². The summed E-state index contributed by atoms with van der Waals surface area (Å²) >= 11 is 0. The van der Waals surface area contributed by atoms with E-state index in [-0.39, 0.29) is 10.6 Å². The van der Waals surface area contributed by atoms with Crippen LogP contribution < -0.4 is 0 Å². The molecule has 1 atom stereocenters. The monoisotopic (exact) mass is 304 g/mol. The largest absolute Gasteiger partial charge is 0.387 e. The van der Waals surface area contributed by atoms with E-state index in [0.717, 1.165) is 16.7 Å². The number of aryl methyl sites for hydroxylation is 3. The smallest absolute Gasteiger partial charge is 0.181 e. The minimum Gasteiger partial charge on any atom is -0.387 e. The molecular weight excluding hydrogens is 284 g/mol. The van der Waals surface area contributed by atoms with Crippen molar-refractivity contribution in [1.82, 2.24) is 0 Å². The summed E-state index contributed by atoms with van der Waals surface area (Å²) in [6.07, 6.45) is -1.02. The van der Waals surface area contributed by atoms with Gasteiger partial charge in [0.05, 0.1) is 16.8 Å². The van der Waals surface area contributed by atoms with Gasteiger partial charge < -0.3 is 5.11 Å². The number of hydrogen-bond acceptors (Lipinski definition) is 3. The Hall–Kier alpha value is -1.65. The van der Waals surface area contributed by atoms with Crippen LogP contribution in [0.4, 0.5) is 0 Å². The SMILES string of the molecule is Cc1cccc(S(=O)(=O)CC(O)c2ccc(C)c(C)c2)c1.